The fraction of sp³-hybridized carbons (Fsp3) is 0.500. The van der Waals surface area contributed by atoms with Crippen LogP contribution in [0, 0.1) is 13.1 Å². The molecule has 1 aromatic carbocycles. The average Bonchev–Trinajstić information content (AvgIpc) is 2.55. The minimum Gasteiger partial charge on any atom is -0.505 e. The normalized spacial score (nSPS) is 18.3. The highest BCUT2D eigenvalue weighted by Crippen LogP contribution is 2.33. The van der Waals surface area contributed by atoms with Gasteiger partial charge in [0.25, 0.3) is 0 Å². The van der Waals surface area contributed by atoms with Crippen LogP contribution in [0.1, 0.15) is 19.3 Å². The number of amides is 2. The number of nitrogens with two attached hydrogens (primary N) is 1. The summed E-state index contributed by atoms with van der Waals surface area (Å²) in [4.78, 5) is 26.5. The molecule has 0 aliphatic carbocycles. The maximum atomic E-state index is 11.4. The monoisotopic (exact) mass is 557 g/mol. The van der Waals surface area contributed by atoms with Crippen molar-refractivity contribution in [3.05, 3.63) is 19.3 Å². The third-order valence-corrected chi connectivity index (χ3v) is 5.67. The highest BCUT2D eigenvalue weighted by atomic mass is 127. The number of aromatic hydroxyl groups is 1. The number of anilines is 1. The molecule has 2 amide bonds. The minimum absolute atomic E-state index is 0.0674. The molecule has 2 rings (SSSR count). The Morgan fingerprint density at radius 1 is 1.46 bits per heavy atom. The molecule has 1 fully saturated rings. The molecule has 132 valence electrons. The van der Waals surface area contributed by atoms with Crippen LogP contribution >= 0.6 is 45.2 Å². The van der Waals surface area contributed by atoms with Crippen molar-refractivity contribution < 1.29 is 14.7 Å². The van der Waals surface area contributed by atoms with Crippen LogP contribution in [0.5, 0.6) is 5.75 Å². The molecule has 0 spiro atoms. The van der Waals surface area contributed by atoms with Crippen molar-refractivity contribution in [1.82, 2.24) is 4.90 Å². The number of hydrogen-bond donors (Lipinski definition) is 2. The second-order valence-electron chi connectivity index (χ2n) is 5.95. The van der Waals surface area contributed by atoms with E-state index in [1.165, 1.54) is 4.90 Å². The van der Waals surface area contributed by atoms with Gasteiger partial charge in [-0.15, -0.1) is 0 Å². The first-order valence-electron chi connectivity index (χ1n) is 7.84. The molecule has 1 aliphatic heterocycles. The number of rotatable bonds is 7. The van der Waals surface area contributed by atoms with Gasteiger partial charge in [-0.2, -0.15) is 0 Å². The average molecular weight is 557 g/mol. The zero-order valence-corrected chi connectivity index (χ0v) is 17.6. The smallest absolute Gasteiger partial charge is 0.221 e. The van der Waals surface area contributed by atoms with E-state index in [1.54, 1.807) is 6.07 Å². The SMILES string of the molecule is NC(=O)C1CCCN(CCCN(C=O)c2cc(I)cc(I)c2O)C1. The molecule has 1 saturated heterocycles. The molecule has 1 atom stereocenters. The summed E-state index contributed by atoms with van der Waals surface area (Å²) in [5.74, 6) is -0.162. The van der Waals surface area contributed by atoms with Gasteiger partial charge in [-0.3, -0.25) is 9.59 Å². The fourth-order valence-corrected chi connectivity index (χ4v) is 4.77. The third-order valence-electron chi connectivity index (χ3n) is 4.23. The molecule has 0 aromatic heterocycles. The highest BCUT2D eigenvalue weighted by molar-refractivity contribution is 14.1. The third kappa shape index (κ3) is 5.19. The van der Waals surface area contributed by atoms with Crippen molar-refractivity contribution in [2.24, 2.45) is 11.7 Å². The lowest BCUT2D eigenvalue weighted by atomic mass is 9.97. The molecule has 1 aromatic rings. The molecular weight excluding hydrogens is 536 g/mol. The predicted molar refractivity (Wildman–Crippen MR) is 110 cm³/mol. The Hall–Kier alpha value is -0.620. The standard InChI is InChI=1S/C16H21I2N3O3/c17-12-7-13(18)15(23)14(8-12)21(10-22)6-2-5-20-4-1-3-11(9-20)16(19)24/h7-8,10-11,23H,1-6,9H2,(H2,19,24). The molecule has 1 unspecified atom stereocenters. The Balaban J connectivity index is 1.93. The molecule has 0 bridgehead atoms. The number of nitrogens with zero attached hydrogens (tertiary/aromatic N) is 2. The minimum atomic E-state index is -0.229. The number of benzene rings is 1. The van der Waals surface area contributed by atoms with Gasteiger partial charge in [0.15, 0.2) is 5.75 Å². The van der Waals surface area contributed by atoms with E-state index in [9.17, 15) is 14.7 Å². The molecule has 3 N–H and O–H groups in total. The van der Waals surface area contributed by atoms with Crippen molar-refractivity contribution in [3.63, 3.8) is 0 Å². The summed E-state index contributed by atoms with van der Waals surface area (Å²) in [5.41, 5.74) is 5.94. The maximum absolute atomic E-state index is 11.4. The van der Waals surface area contributed by atoms with Gasteiger partial charge in [0.2, 0.25) is 12.3 Å². The first-order chi connectivity index (χ1) is 11.4. The van der Waals surface area contributed by atoms with Crippen LogP contribution < -0.4 is 10.6 Å². The number of phenols is 1. The van der Waals surface area contributed by atoms with Crippen molar-refractivity contribution in [2.45, 2.75) is 19.3 Å². The molecule has 24 heavy (non-hydrogen) atoms. The quantitative estimate of drug-likeness (QED) is 0.398. The first kappa shape index (κ1) is 19.7. The van der Waals surface area contributed by atoms with Gasteiger partial charge < -0.3 is 20.6 Å². The maximum Gasteiger partial charge on any atom is 0.221 e. The van der Waals surface area contributed by atoms with Crippen LogP contribution in [-0.4, -0.2) is 48.5 Å². The Labute approximate surface area is 169 Å². The lowest BCUT2D eigenvalue weighted by molar-refractivity contribution is -0.123. The van der Waals surface area contributed by atoms with E-state index >= 15 is 0 Å². The summed E-state index contributed by atoms with van der Waals surface area (Å²) >= 11 is 4.23. The second-order valence-corrected chi connectivity index (χ2v) is 8.36. The topological polar surface area (TPSA) is 86.9 Å². The molecule has 0 saturated carbocycles. The number of hydrogen-bond acceptors (Lipinski definition) is 4. The molecule has 1 heterocycles. The summed E-state index contributed by atoms with van der Waals surface area (Å²) in [7, 11) is 0. The zero-order chi connectivity index (χ0) is 17.7. The Morgan fingerprint density at radius 3 is 2.88 bits per heavy atom. The summed E-state index contributed by atoms with van der Waals surface area (Å²) in [5, 5.41) is 10.2. The van der Waals surface area contributed by atoms with Gasteiger partial charge >= 0.3 is 0 Å². The van der Waals surface area contributed by atoms with E-state index in [0.717, 1.165) is 45.9 Å². The number of primary amides is 1. The van der Waals surface area contributed by atoms with E-state index in [1.807, 2.05) is 6.07 Å². The number of phenolic OH excluding ortho intramolecular Hbond substituents is 1. The van der Waals surface area contributed by atoms with Crippen LogP contribution in [0.25, 0.3) is 0 Å². The molecule has 8 heteroatoms. The molecular formula is C16H21I2N3O3. The van der Waals surface area contributed by atoms with E-state index in [2.05, 4.69) is 50.1 Å². The fourth-order valence-electron chi connectivity index (χ4n) is 2.96. The number of piperidine rings is 1. The van der Waals surface area contributed by atoms with Gasteiger partial charge in [0.1, 0.15) is 0 Å². The van der Waals surface area contributed by atoms with Crippen molar-refractivity contribution >= 4 is 63.2 Å². The van der Waals surface area contributed by atoms with E-state index in [0.29, 0.717) is 18.8 Å². The van der Waals surface area contributed by atoms with E-state index in [-0.39, 0.29) is 17.6 Å². The number of carbonyl (C=O) groups excluding carboxylic acids is 2. The lowest BCUT2D eigenvalue weighted by Gasteiger charge is -2.31. The Bertz CT molecular complexity index is 612. The molecule has 6 nitrogen and oxygen atoms in total. The number of halogens is 2. The van der Waals surface area contributed by atoms with Gasteiger partial charge in [-0.25, -0.2) is 0 Å². The number of likely N-dealkylation sites (tertiary alicyclic amines) is 1. The predicted octanol–water partition coefficient (Wildman–Crippen LogP) is 2.15. The van der Waals surface area contributed by atoms with Crippen molar-refractivity contribution in [1.29, 1.82) is 0 Å². The first-order valence-corrected chi connectivity index (χ1v) is 9.99. The van der Waals surface area contributed by atoms with E-state index in [4.69, 9.17) is 5.73 Å². The van der Waals surface area contributed by atoms with Gasteiger partial charge in [-0.1, -0.05) is 0 Å². The summed E-state index contributed by atoms with van der Waals surface area (Å²) in [6.07, 6.45) is 3.36. The summed E-state index contributed by atoms with van der Waals surface area (Å²) < 4.78 is 1.69. The van der Waals surface area contributed by atoms with Gasteiger partial charge in [0.05, 0.1) is 15.2 Å². The van der Waals surface area contributed by atoms with Crippen LogP contribution in [-0.2, 0) is 9.59 Å². The van der Waals surface area contributed by atoms with Crippen LogP contribution in [0.3, 0.4) is 0 Å². The lowest BCUT2D eigenvalue weighted by Crippen LogP contribution is -2.42. The molecule has 1 aliphatic rings. The summed E-state index contributed by atoms with van der Waals surface area (Å²) in [6.45, 7) is 2.97. The van der Waals surface area contributed by atoms with Crippen LogP contribution in [0.2, 0.25) is 0 Å². The Morgan fingerprint density at radius 2 is 2.21 bits per heavy atom. The van der Waals surface area contributed by atoms with Gasteiger partial charge in [0, 0.05) is 16.7 Å². The second kappa shape index (κ2) is 9.18. The van der Waals surface area contributed by atoms with E-state index < -0.39 is 0 Å². The molecule has 0 radical (unpaired) electrons. The van der Waals surface area contributed by atoms with Crippen molar-refractivity contribution in [3.8, 4) is 5.75 Å². The largest absolute Gasteiger partial charge is 0.505 e. The van der Waals surface area contributed by atoms with Gasteiger partial charge in [-0.05, 0) is 89.7 Å². The van der Waals surface area contributed by atoms with Crippen LogP contribution in [0.4, 0.5) is 5.69 Å². The number of carbonyl (C=O) groups is 2. The zero-order valence-electron chi connectivity index (χ0n) is 13.3. The van der Waals surface area contributed by atoms with Crippen LogP contribution in [0.15, 0.2) is 12.1 Å². The Kier molecular flexibility index (Phi) is 7.54. The van der Waals surface area contributed by atoms with Crippen molar-refractivity contribution in [2.75, 3.05) is 31.1 Å². The summed E-state index contributed by atoms with van der Waals surface area (Å²) in [6, 6.07) is 3.66. The highest BCUT2D eigenvalue weighted by Gasteiger charge is 2.23.